The van der Waals surface area contributed by atoms with Gasteiger partial charge < -0.3 is 4.90 Å². The second-order valence-electron chi connectivity index (χ2n) is 5.37. The molecular weight excluding hydrogens is 202 g/mol. The Morgan fingerprint density at radius 3 is 2.13 bits per heavy atom. The molecule has 0 aromatic carbocycles. The minimum Gasteiger partial charge on any atom is -0.304 e. The van der Waals surface area contributed by atoms with Gasteiger partial charge in [0, 0.05) is 6.04 Å². The van der Waals surface area contributed by atoms with Gasteiger partial charge in [0.15, 0.2) is 0 Å². The molecular formula is C13H29NS. The molecule has 0 spiro atoms. The van der Waals surface area contributed by atoms with E-state index in [1.807, 2.05) is 0 Å². The Hall–Kier alpha value is 0.310. The number of hydrogen-bond donors (Lipinski definition) is 1. The first-order chi connectivity index (χ1) is 6.97. The third-order valence-corrected chi connectivity index (χ3v) is 3.42. The van der Waals surface area contributed by atoms with E-state index in [1.54, 1.807) is 0 Å². The summed E-state index contributed by atoms with van der Waals surface area (Å²) < 4.78 is 0. The SMILES string of the molecule is CC(C)CC(C)N(C)CCC(C)CCS. The second-order valence-corrected chi connectivity index (χ2v) is 5.81. The molecule has 0 aliphatic heterocycles. The molecule has 0 saturated carbocycles. The number of nitrogens with zero attached hydrogens (tertiary/aromatic N) is 1. The van der Waals surface area contributed by atoms with Crippen molar-refractivity contribution < 1.29 is 0 Å². The maximum Gasteiger partial charge on any atom is 0.00663 e. The Kier molecular flexibility index (Phi) is 8.64. The van der Waals surface area contributed by atoms with Crippen LogP contribution in [0.25, 0.3) is 0 Å². The summed E-state index contributed by atoms with van der Waals surface area (Å²) >= 11 is 4.28. The van der Waals surface area contributed by atoms with Gasteiger partial charge >= 0.3 is 0 Å². The average molecular weight is 231 g/mol. The Morgan fingerprint density at radius 1 is 1.07 bits per heavy atom. The summed E-state index contributed by atoms with van der Waals surface area (Å²) in [4.78, 5) is 2.50. The monoisotopic (exact) mass is 231 g/mol. The van der Waals surface area contributed by atoms with Crippen molar-refractivity contribution in [1.29, 1.82) is 0 Å². The van der Waals surface area contributed by atoms with Crippen LogP contribution < -0.4 is 0 Å². The number of hydrogen-bond acceptors (Lipinski definition) is 2. The van der Waals surface area contributed by atoms with E-state index in [0.29, 0.717) is 6.04 Å². The average Bonchev–Trinajstić information content (AvgIpc) is 2.13. The van der Waals surface area contributed by atoms with Crippen molar-refractivity contribution in [2.24, 2.45) is 11.8 Å². The molecule has 0 aromatic rings. The van der Waals surface area contributed by atoms with E-state index in [4.69, 9.17) is 0 Å². The van der Waals surface area contributed by atoms with Gasteiger partial charge in [-0.25, -0.2) is 0 Å². The highest BCUT2D eigenvalue weighted by Crippen LogP contribution is 2.13. The van der Waals surface area contributed by atoms with Crippen LogP contribution in [-0.2, 0) is 0 Å². The van der Waals surface area contributed by atoms with Crippen molar-refractivity contribution in [3.05, 3.63) is 0 Å². The Balaban J connectivity index is 3.67. The fraction of sp³-hybridized carbons (Fsp3) is 1.00. The van der Waals surface area contributed by atoms with E-state index >= 15 is 0 Å². The highest BCUT2D eigenvalue weighted by molar-refractivity contribution is 7.80. The van der Waals surface area contributed by atoms with Gasteiger partial charge in [0.1, 0.15) is 0 Å². The van der Waals surface area contributed by atoms with Crippen LogP contribution in [0, 0.1) is 11.8 Å². The lowest BCUT2D eigenvalue weighted by Crippen LogP contribution is -2.31. The van der Waals surface area contributed by atoms with E-state index in [2.05, 4.69) is 52.3 Å². The minimum absolute atomic E-state index is 0.716. The standard InChI is InChI=1S/C13H29NS/c1-11(2)10-13(4)14(5)8-6-12(3)7-9-15/h11-13,15H,6-10H2,1-5H3. The highest BCUT2D eigenvalue weighted by Gasteiger charge is 2.11. The van der Waals surface area contributed by atoms with Crippen LogP contribution in [0.15, 0.2) is 0 Å². The van der Waals surface area contributed by atoms with Gasteiger partial charge in [0.25, 0.3) is 0 Å². The first-order valence-electron chi connectivity index (χ1n) is 6.28. The number of thiol groups is 1. The molecule has 0 radical (unpaired) electrons. The maximum absolute atomic E-state index is 4.28. The smallest absolute Gasteiger partial charge is 0.00663 e. The first kappa shape index (κ1) is 15.3. The van der Waals surface area contributed by atoms with Gasteiger partial charge in [-0.1, -0.05) is 20.8 Å². The van der Waals surface area contributed by atoms with Gasteiger partial charge in [0.05, 0.1) is 0 Å². The second kappa shape index (κ2) is 8.46. The number of rotatable bonds is 8. The summed E-state index contributed by atoms with van der Waals surface area (Å²) in [5.41, 5.74) is 0. The molecule has 2 unspecified atom stereocenters. The van der Waals surface area contributed by atoms with E-state index in [1.165, 1.54) is 25.8 Å². The molecule has 2 atom stereocenters. The topological polar surface area (TPSA) is 3.24 Å². The molecule has 0 aromatic heterocycles. The molecule has 0 aliphatic carbocycles. The van der Waals surface area contributed by atoms with Gasteiger partial charge in [-0.05, 0) is 57.4 Å². The van der Waals surface area contributed by atoms with Crippen LogP contribution in [-0.4, -0.2) is 30.3 Å². The summed E-state index contributed by atoms with van der Waals surface area (Å²) in [5, 5.41) is 0. The van der Waals surface area contributed by atoms with Crippen molar-refractivity contribution in [2.45, 2.75) is 53.0 Å². The van der Waals surface area contributed by atoms with Crippen molar-refractivity contribution in [3.63, 3.8) is 0 Å². The minimum atomic E-state index is 0.716. The molecule has 0 bridgehead atoms. The maximum atomic E-state index is 4.28. The van der Waals surface area contributed by atoms with Crippen molar-refractivity contribution >= 4 is 12.6 Å². The third kappa shape index (κ3) is 8.15. The highest BCUT2D eigenvalue weighted by atomic mass is 32.1. The van der Waals surface area contributed by atoms with Gasteiger partial charge in [0.2, 0.25) is 0 Å². The first-order valence-corrected chi connectivity index (χ1v) is 6.91. The van der Waals surface area contributed by atoms with Crippen molar-refractivity contribution in [1.82, 2.24) is 4.90 Å². The predicted molar refractivity (Wildman–Crippen MR) is 73.8 cm³/mol. The fourth-order valence-corrected chi connectivity index (χ4v) is 2.31. The largest absolute Gasteiger partial charge is 0.304 e. The Morgan fingerprint density at radius 2 is 1.67 bits per heavy atom. The van der Waals surface area contributed by atoms with Crippen LogP contribution in [0.4, 0.5) is 0 Å². The molecule has 0 rings (SSSR count). The van der Waals surface area contributed by atoms with Crippen LogP contribution in [0.1, 0.15) is 47.0 Å². The fourth-order valence-electron chi connectivity index (χ4n) is 1.87. The van der Waals surface area contributed by atoms with Gasteiger partial charge in [-0.15, -0.1) is 0 Å². The molecule has 2 heteroatoms. The lowest BCUT2D eigenvalue weighted by Gasteiger charge is -2.27. The van der Waals surface area contributed by atoms with Crippen molar-refractivity contribution in [3.8, 4) is 0 Å². The molecule has 0 fully saturated rings. The lowest BCUT2D eigenvalue weighted by molar-refractivity contribution is 0.214. The molecule has 15 heavy (non-hydrogen) atoms. The van der Waals surface area contributed by atoms with Crippen molar-refractivity contribution in [2.75, 3.05) is 19.3 Å². The molecule has 0 amide bonds. The van der Waals surface area contributed by atoms with Crippen LogP contribution in [0.5, 0.6) is 0 Å². The third-order valence-electron chi connectivity index (χ3n) is 3.16. The van der Waals surface area contributed by atoms with E-state index in [9.17, 15) is 0 Å². The lowest BCUT2D eigenvalue weighted by atomic mass is 10.0. The van der Waals surface area contributed by atoms with Gasteiger partial charge in [-0.2, -0.15) is 12.6 Å². The molecule has 1 nitrogen and oxygen atoms in total. The van der Waals surface area contributed by atoms with E-state index in [0.717, 1.165) is 17.6 Å². The molecule has 92 valence electrons. The zero-order valence-corrected chi connectivity index (χ0v) is 12.1. The summed E-state index contributed by atoms with van der Waals surface area (Å²) in [7, 11) is 2.25. The Bertz CT molecular complexity index is 147. The zero-order chi connectivity index (χ0) is 11.8. The quantitative estimate of drug-likeness (QED) is 0.623. The normalized spacial score (nSPS) is 16.0. The molecule has 0 heterocycles. The van der Waals surface area contributed by atoms with E-state index < -0.39 is 0 Å². The summed E-state index contributed by atoms with van der Waals surface area (Å²) in [5.74, 6) is 2.64. The Labute approximate surface area is 102 Å². The van der Waals surface area contributed by atoms with E-state index in [-0.39, 0.29) is 0 Å². The van der Waals surface area contributed by atoms with Gasteiger partial charge in [-0.3, -0.25) is 0 Å². The molecule has 0 aliphatic rings. The summed E-state index contributed by atoms with van der Waals surface area (Å²) in [6.07, 6.45) is 3.85. The predicted octanol–water partition coefficient (Wildman–Crippen LogP) is 3.70. The zero-order valence-electron chi connectivity index (χ0n) is 11.2. The van der Waals surface area contributed by atoms with Crippen LogP contribution in [0.3, 0.4) is 0 Å². The summed E-state index contributed by atoms with van der Waals surface area (Å²) in [6.45, 7) is 10.5. The van der Waals surface area contributed by atoms with Crippen LogP contribution in [0.2, 0.25) is 0 Å². The molecule has 0 N–H and O–H groups in total. The van der Waals surface area contributed by atoms with Crippen LogP contribution >= 0.6 is 12.6 Å². The molecule has 0 saturated heterocycles. The summed E-state index contributed by atoms with van der Waals surface area (Å²) in [6, 6.07) is 0.716.